The first-order valence-corrected chi connectivity index (χ1v) is 8.34. The van der Waals surface area contributed by atoms with Crippen molar-refractivity contribution in [2.75, 3.05) is 13.2 Å². The zero-order chi connectivity index (χ0) is 15.3. The lowest BCUT2D eigenvalue weighted by Crippen LogP contribution is -2.26. The van der Waals surface area contributed by atoms with Gasteiger partial charge in [0.2, 0.25) is 0 Å². The number of hydrogen-bond acceptors (Lipinski definition) is 3. The fraction of sp³-hybridized carbons (Fsp3) is 0.667. The van der Waals surface area contributed by atoms with E-state index in [1.54, 1.807) is 0 Å². The normalized spacial score (nSPS) is 12.3. The Morgan fingerprint density at radius 2 is 1.62 bits per heavy atom. The van der Waals surface area contributed by atoms with Crippen LogP contribution in [-0.4, -0.2) is 24.4 Å². The third-order valence-electron chi connectivity index (χ3n) is 3.67. The predicted molar refractivity (Wildman–Crippen MR) is 88.7 cm³/mol. The Hall–Kier alpha value is -1.06. The maximum absolute atomic E-state index is 8.94. The van der Waals surface area contributed by atoms with Crippen LogP contribution >= 0.6 is 0 Å². The fourth-order valence-corrected chi connectivity index (χ4v) is 2.34. The number of aliphatic hydroxyl groups is 1. The molecular weight excluding hydrogens is 262 g/mol. The highest BCUT2D eigenvalue weighted by Crippen LogP contribution is 2.14. The zero-order valence-corrected chi connectivity index (χ0v) is 13.4. The van der Waals surface area contributed by atoms with Crippen LogP contribution in [0.15, 0.2) is 24.3 Å². The highest BCUT2D eigenvalue weighted by Gasteiger charge is 2.02. The average molecular weight is 293 g/mol. The SMILES string of the molecule is CCCCCCCCCOc1ccc(CC(N)CO)cc1. The molecule has 21 heavy (non-hydrogen) atoms. The summed E-state index contributed by atoms with van der Waals surface area (Å²) in [5, 5.41) is 8.94. The summed E-state index contributed by atoms with van der Waals surface area (Å²) in [4.78, 5) is 0. The van der Waals surface area contributed by atoms with Gasteiger partial charge in [-0.1, -0.05) is 57.6 Å². The topological polar surface area (TPSA) is 55.5 Å². The summed E-state index contributed by atoms with van der Waals surface area (Å²) in [7, 11) is 0. The van der Waals surface area contributed by atoms with E-state index >= 15 is 0 Å². The molecule has 0 bridgehead atoms. The van der Waals surface area contributed by atoms with Crippen molar-refractivity contribution in [3.63, 3.8) is 0 Å². The lowest BCUT2D eigenvalue weighted by atomic mass is 10.1. The van der Waals surface area contributed by atoms with Crippen LogP contribution in [0.2, 0.25) is 0 Å². The first kappa shape index (κ1) is 18.0. The Labute approximate surface area is 129 Å². The molecule has 1 unspecified atom stereocenters. The van der Waals surface area contributed by atoms with Crippen molar-refractivity contribution >= 4 is 0 Å². The molecule has 0 radical (unpaired) electrons. The number of nitrogens with two attached hydrogens (primary N) is 1. The van der Waals surface area contributed by atoms with Gasteiger partial charge in [0.1, 0.15) is 5.75 Å². The molecule has 120 valence electrons. The molecule has 0 fully saturated rings. The third-order valence-corrected chi connectivity index (χ3v) is 3.67. The van der Waals surface area contributed by atoms with Gasteiger partial charge in [-0.05, 0) is 30.5 Å². The molecule has 1 aromatic rings. The minimum absolute atomic E-state index is 0.0243. The van der Waals surface area contributed by atoms with E-state index in [1.165, 1.54) is 38.5 Å². The van der Waals surface area contributed by atoms with Crippen LogP contribution in [0.5, 0.6) is 5.75 Å². The van der Waals surface area contributed by atoms with Gasteiger partial charge in [0, 0.05) is 6.04 Å². The standard InChI is InChI=1S/C18H31NO2/c1-2-3-4-5-6-7-8-13-21-18-11-9-16(10-12-18)14-17(19)15-20/h9-12,17,20H,2-8,13-15,19H2,1H3. The van der Waals surface area contributed by atoms with E-state index in [1.807, 2.05) is 24.3 Å². The molecule has 1 atom stereocenters. The first-order chi connectivity index (χ1) is 10.3. The van der Waals surface area contributed by atoms with E-state index in [2.05, 4.69) is 6.92 Å². The average Bonchev–Trinajstić information content (AvgIpc) is 2.51. The third kappa shape index (κ3) is 8.74. The predicted octanol–water partition coefficient (Wildman–Crippen LogP) is 3.68. The molecule has 1 rings (SSSR count). The monoisotopic (exact) mass is 293 g/mol. The van der Waals surface area contributed by atoms with Gasteiger partial charge in [-0.15, -0.1) is 0 Å². The quantitative estimate of drug-likeness (QED) is 0.578. The van der Waals surface area contributed by atoms with Crippen LogP contribution in [0.25, 0.3) is 0 Å². The smallest absolute Gasteiger partial charge is 0.119 e. The Balaban J connectivity index is 2.10. The van der Waals surface area contributed by atoms with Crippen molar-refractivity contribution in [1.82, 2.24) is 0 Å². The van der Waals surface area contributed by atoms with Crippen molar-refractivity contribution in [3.8, 4) is 5.75 Å². The maximum atomic E-state index is 8.94. The van der Waals surface area contributed by atoms with E-state index < -0.39 is 0 Å². The first-order valence-electron chi connectivity index (χ1n) is 8.34. The summed E-state index contributed by atoms with van der Waals surface area (Å²) in [5.41, 5.74) is 6.86. The van der Waals surface area contributed by atoms with Gasteiger partial charge in [0.25, 0.3) is 0 Å². The second-order valence-corrected chi connectivity index (χ2v) is 5.76. The molecular formula is C18H31NO2. The largest absolute Gasteiger partial charge is 0.494 e. The zero-order valence-electron chi connectivity index (χ0n) is 13.4. The van der Waals surface area contributed by atoms with Crippen LogP contribution in [0, 0.1) is 0 Å². The van der Waals surface area contributed by atoms with Gasteiger partial charge in [0.05, 0.1) is 13.2 Å². The molecule has 0 spiro atoms. The molecule has 0 amide bonds. The van der Waals surface area contributed by atoms with Crippen LogP contribution in [0.4, 0.5) is 0 Å². The number of benzene rings is 1. The molecule has 0 saturated carbocycles. The highest BCUT2D eigenvalue weighted by molar-refractivity contribution is 5.27. The Morgan fingerprint density at radius 3 is 2.24 bits per heavy atom. The van der Waals surface area contributed by atoms with Gasteiger partial charge < -0.3 is 15.6 Å². The van der Waals surface area contributed by atoms with Crippen molar-refractivity contribution in [1.29, 1.82) is 0 Å². The molecule has 1 aromatic carbocycles. The van der Waals surface area contributed by atoms with Gasteiger partial charge in [-0.2, -0.15) is 0 Å². The highest BCUT2D eigenvalue weighted by atomic mass is 16.5. The number of aliphatic hydroxyl groups excluding tert-OH is 1. The van der Waals surface area contributed by atoms with Gasteiger partial charge in [-0.25, -0.2) is 0 Å². The summed E-state index contributed by atoms with van der Waals surface area (Å²) in [6.45, 7) is 3.07. The summed E-state index contributed by atoms with van der Waals surface area (Å²) >= 11 is 0. The molecule has 3 heteroatoms. The van der Waals surface area contributed by atoms with Gasteiger partial charge >= 0.3 is 0 Å². The van der Waals surface area contributed by atoms with Crippen molar-refractivity contribution < 1.29 is 9.84 Å². The Bertz CT molecular complexity index is 351. The molecule has 0 aliphatic heterocycles. The van der Waals surface area contributed by atoms with E-state index in [-0.39, 0.29) is 12.6 Å². The second kappa shape index (κ2) is 11.6. The van der Waals surface area contributed by atoms with E-state index in [0.717, 1.165) is 24.3 Å². The van der Waals surface area contributed by atoms with Gasteiger partial charge in [-0.3, -0.25) is 0 Å². The summed E-state index contributed by atoms with van der Waals surface area (Å²) in [6, 6.07) is 7.84. The fourth-order valence-electron chi connectivity index (χ4n) is 2.34. The van der Waals surface area contributed by atoms with Crippen LogP contribution in [0.1, 0.15) is 57.4 Å². The molecule has 3 N–H and O–H groups in total. The lowest BCUT2D eigenvalue weighted by molar-refractivity contribution is 0.265. The minimum Gasteiger partial charge on any atom is -0.494 e. The van der Waals surface area contributed by atoms with Crippen LogP contribution in [0.3, 0.4) is 0 Å². The van der Waals surface area contributed by atoms with E-state index in [0.29, 0.717) is 6.42 Å². The summed E-state index contributed by atoms with van der Waals surface area (Å²) < 4.78 is 5.74. The molecule has 0 aromatic heterocycles. The molecule has 0 aliphatic rings. The van der Waals surface area contributed by atoms with E-state index in [9.17, 15) is 0 Å². The minimum atomic E-state index is -0.176. The van der Waals surface area contributed by atoms with Gasteiger partial charge in [0.15, 0.2) is 0 Å². The maximum Gasteiger partial charge on any atom is 0.119 e. The second-order valence-electron chi connectivity index (χ2n) is 5.76. The van der Waals surface area contributed by atoms with Crippen LogP contribution in [-0.2, 0) is 6.42 Å². The molecule has 3 nitrogen and oxygen atoms in total. The number of unbranched alkanes of at least 4 members (excludes halogenated alkanes) is 6. The Kier molecular flexibility index (Phi) is 9.92. The number of ether oxygens (including phenoxy) is 1. The molecule has 0 saturated heterocycles. The summed E-state index contributed by atoms with van der Waals surface area (Å²) in [6.07, 6.45) is 9.81. The lowest BCUT2D eigenvalue weighted by Gasteiger charge is -2.10. The molecule has 0 aliphatic carbocycles. The van der Waals surface area contributed by atoms with Crippen molar-refractivity contribution in [2.45, 2.75) is 64.3 Å². The number of hydrogen-bond donors (Lipinski definition) is 2. The van der Waals surface area contributed by atoms with Crippen molar-refractivity contribution in [3.05, 3.63) is 29.8 Å². The van der Waals surface area contributed by atoms with Crippen molar-refractivity contribution in [2.24, 2.45) is 5.73 Å². The number of rotatable bonds is 12. The summed E-state index contributed by atoms with van der Waals surface area (Å²) in [5.74, 6) is 0.919. The Morgan fingerprint density at radius 1 is 1.00 bits per heavy atom. The van der Waals surface area contributed by atoms with Crippen LogP contribution < -0.4 is 10.5 Å². The molecule has 0 heterocycles. The van der Waals surface area contributed by atoms with E-state index in [4.69, 9.17) is 15.6 Å².